The third kappa shape index (κ3) is 7.21. The fraction of sp³-hybridized carbons (Fsp3) is 0.500. The quantitative estimate of drug-likeness (QED) is 0.314. The summed E-state index contributed by atoms with van der Waals surface area (Å²) in [5.41, 5.74) is 4.63. The van der Waals surface area contributed by atoms with Crippen LogP contribution in [0.1, 0.15) is 58.1 Å². The number of carbonyl (C=O) groups is 1. The van der Waals surface area contributed by atoms with Crippen molar-refractivity contribution >= 4 is 5.91 Å². The minimum absolute atomic E-state index is 0.0634. The highest BCUT2D eigenvalue weighted by Gasteiger charge is 2.30. The lowest BCUT2D eigenvalue weighted by molar-refractivity contribution is 0.0717. The first kappa shape index (κ1) is 29.0. The summed E-state index contributed by atoms with van der Waals surface area (Å²) in [6.45, 7) is 8.73. The number of para-hydroxylation sites is 1. The van der Waals surface area contributed by atoms with Gasteiger partial charge in [0.05, 0.1) is 33.1 Å². The minimum atomic E-state index is -0.0634. The van der Waals surface area contributed by atoms with E-state index in [4.69, 9.17) is 14.2 Å². The number of hydrogen-bond acceptors (Lipinski definition) is 7. The molecule has 1 amide bonds. The van der Waals surface area contributed by atoms with E-state index in [9.17, 15) is 4.79 Å². The molecule has 1 N–H and O–H groups in total. The van der Waals surface area contributed by atoms with Gasteiger partial charge < -0.3 is 29.3 Å². The van der Waals surface area contributed by atoms with E-state index in [1.807, 2.05) is 61.3 Å². The molecule has 2 aliphatic rings. The molecule has 5 rings (SSSR count). The smallest absolute Gasteiger partial charge is 0.272 e. The van der Waals surface area contributed by atoms with Gasteiger partial charge in [-0.2, -0.15) is 5.10 Å². The summed E-state index contributed by atoms with van der Waals surface area (Å²) in [5, 5.41) is 8.05. The number of ether oxygens (including phenoxy) is 3. The molecule has 41 heavy (non-hydrogen) atoms. The fourth-order valence-electron chi connectivity index (χ4n) is 5.45. The lowest BCUT2D eigenvalue weighted by Gasteiger charge is -2.27. The number of methoxy groups -OCH3 is 2. The van der Waals surface area contributed by atoms with Gasteiger partial charge in [0.1, 0.15) is 11.4 Å². The Labute approximate surface area is 243 Å². The van der Waals surface area contributed by atoms with Crippen LogP contribution in [0.3, 0.4) is 0 Å². The van der Waals surface area contributed by atoms with E-state index in [1.54, 1.807) is 18.9 Å². The number of benzene rings is 2. The highest BCUT2D eigenvalue weighted by atomic mass is 16.5. The maximum absolute atomic E-state index is 14.1. The van der Waals surface area contributed by atoms with E-state index in [0.717, 1.165) is 80.1 Å². The van der Waals surface area contributed by atoms with Crippen molar-refractivity contribution in [1.29, 1.82) is 0 Å². The summed E-state index contributed by atoms with van der Waals surface area (Å²) in [4.78, 5) is 18.4. The van der Waals surface area contributed by atoms with Crippen LogP contribution < -0.4 is 19.5 Å². The zero-order valence-corrected chi connectivity index (χ0v) is 24.8. The van der Waals surface area contributed by atoms with Crippen LogP contribution in [0.2, 0.25) is 0 Å². The van der Waals surface area contributed by atoms with E-state index >= 15 is 0 Å². The third-order valence-corrected chi connectivity index (χ3v) is 8.02. The standard InChI is InChI=1S/C32H43N5O4/c1-23-19-27(39-3)12-11-25(23)21-37(32(38)29-20-28(24-9-10-24)34-35(29)2)22-26-7-5-8-30(31(26)40-4)41-18-6-15-36-16-13-33-14-17-36/h5,7-8,11-12,19-20,24,33H,6,9-10,13-18,21-22H2,1-4H3. The molecule has 1 saturated heterocycles. The highest BCUT2D eigenvalue weighted by molar-refractivity contribution is 5.92. The topological polar surface area (TPSA) is 81.1 Å². The molecular formula is C32H43N5O4. The van der Waals surface area contributed by atoms with Gasteiger partial charge in [-0.05, 0) is 61.6 Å². The highest BCUT2D eigenvalue weighted by Crippen LogP contribution is 2.39. The maximum Gasteiger partial charge on any atom is 0.272 e. The lowest BCUT2D eigenvalue weighted by atomic mass is 10.1. The van der Waals surface area contributed by atoms with Gasteiger partial charge in [-0.15, -0.1) is 0 Å². The number of hydrogen-bond donors (Lipinski definition) is 1. The van der Waals surface area contributed by atoms with Gasteiger partial charge in [-0.3, -0.25) is 9.48 Å². The Balaban J connectivity index is 1.35. The van der Waals surface area contributed by atoms with E-state index < -0.39 is 0 Å². The van der Waals surface area contributed by atoms with E-state index in [-0.39, 0.29) is 5.91 Å². The fourth-order valence-corrected chi connectivity index (χ4v) is 5.45. The van der Waals surface area contributed by atoms with Crippen LogP contribution in [-0.4, -0.2) is 79.0 Å². The van der Waals surface area contributed by atoms with Crippen LogP contribution in [0, 0.1) is 6.92 Å². The molecule has 2 fully saturated rings. The Kier molecular flexibility index (Phi) is 9.46. The van der Waals surface area contributed by atoms with E-state index in [0.29, 0.717) is 42.8 Å². The Morgan fingerprint density at radius 3 is 2.54 bits per heavy atom. The second-order valence-electron chi connectivity index (χ2n) is 11.0. The van der Waals surface area contributed by atoms with Crippen LogP contribution in [0.4, 0.5) is 0 Å². The van der Waals surface area contributed by atoms with Crippen LogP contribution >= 0.6 is 0 Å². The molecule has 9 heteroatoms. The Morgan fingerprint density at radius 2 is 1.83 bits per heavy atom. The first-order valence-electron chi connectivity index (χ1n) is 14.6. The van der Waals surface area contributed by atoms with Gasteiger partial charge in [-0.25, -0.2) is 0 Å². The molecule has 1 aromatic heterocycles. The Hall–Kier alpha value is -3.56. The van der Waals surface area contributed by atoms with Gasteiger partial charge >= 0.3 is 0 Å². The van der Waals surface area contributed by atoms with Gasteiger partial charge in [0.2, 0.25) is 0 Å². The van der Waals surface area contributed by atoms with Gasteiger partial charge in [0.25, 0.3) is 5.91 Å². The SMILES string of the molecule is COc1ccc(CN(Cc2cccc(OCCCN3CCNCC3)c2OC)C(=O)c2cc(C3CC3)nn2C)c(C)c1. The summed E-state index contributed by atoms with van der Waals surface area (Å²) < 4.78 is 19.2. The number of carbonyl (C=O) groups excluding carboxylic acids is 1. The number of rotatable bonds is 13. The predicted octanol–water partition coefficient (Wildman–Crippen LogP) is 4.14. The molecule has 220 valence electrons. The normalized spacial score (nSPS) is 15.5. The third-order valence-electron chi connectivity index (χ3n) is 8.02. The molecule has 2 heterocycles. The number of piperazine rings is 1. The van der Waals surface area contributed by atoms with Crippen molar-refractivity contribution in [2.75, 3.05) is 53.6 Å². The van der Waals surface area contributed by atoms with Crippen molar-refractivity contribution in [3.05, 3.63) is 70.5 Å². The largest absolute Gasteiger partial charge is 0.497 e. The minimum Gasteiger partial charge on any atom is -0.497 e. The van der Waals surface area contributed by atoms with Gasteiger partial charge in [0.15, 0.2) is 11.5 Å². The van der Waals surface area contributed by atoms with Crippen molar-refractivity contribution < 1.29 is 19.0 Å². The second-order valence-corrected chi connectivity index (χ2v) is 11.0. The molecule has 9 nitrogen and oxygen atoms in total. The zero-order chi connectivity index (χ0) is 28.8. The maximum atomic E-state index is 14.1. The Bertz CT molecular complexity index is 1330. The lowest BCUT2D eigenvalue weighted by Crippen LogP contribution is -2.43. The van der Waals surface area contributed by atoms with Crippen molar-refractivity contribution in [1.82, 2.24) is 24.9 Å². The molecule has 0 unspecified atom stereocenters. The molecule has 1 aliphatic heterocycles. The van der Waals surface area contributed by atoms with Crippen LogP contribution in [0.15, 0.2) is 42.5 Å². The van der Waals surface area contributed by atoms with Crippen molar-refractivity contribution in [3.63, 3.8) is 0 Å². The summed E-state index contributed by atoms with van der Waals surface area (Å²) in [6, 6.07) is 13.9. The van der Waals surface area contributed by atoms with Gasteiger partial charge in [-0.1, -0.05) is 18.2 Å². The van der Waals surface area contributed by atoms with Gasteiger partial charge in [0, 0.05) is 57.8 Å². The van der Waals surface area contributed by atoms with Crippen LogP contribution in [0.25, 0.3) is 0 Å². The van der Waals surface area contributed by atoms with E-state index in [2.05, 4.69) is 15.3 Å². The average Bonchev–Trinajstić information content (AvgIpc) is 3.77. The number of nitrogens with one attached hydrogen (secondary N) is 1. The average molecular weight is 562 g/mol. The molecule has 1 saturated carbocycles. The Morgan fingerprint density at radius 1 is 1.05 bits per heavy atom. The summed E-state index contributed by atoms with van der Waals surface area (Å²) >= 11 is 0. The summed E-state index contributed by atoms with van der Waals surface area (Å²) in [7, 11) is 5.18. The molecule has 3 aromatic rings. The molecule has 2 aromatic carbocycles. The van der Waals surface area contributed by atoms with E-state index in [1.165, 1.54) is 0 Å². The predicted molar refractivity (Wildman–Crippen MR) is 159 cm³/mol. The molecule has 0 bridgehead atoms. The molecule has 0 radical (unpaired) electrons. The molecule has 0 atom stereocenters. The molecular weight excluding hydrogens is 518 g/mol. The summed E-state index contributed by atoms with van der Waals surface area (Å²) in [5.74, 6) is 2.58. The second kappa shape index (κ2) is 13.4. The van der Waals surface area contributed by atoms with Crippen LogP contribution in [0.5, 0.6) is 17.2 Å². The number of aromatic nitrogens is 2. The number of nitrogens with zero attached hydrogens (tertiary/aromatic N) is 4. The monoisotopic (exact) mass is 561 g/mol. The van der Waals surface area contributed by atoms with Crippen molar-refractivity contribution in [3.8, 4) is 17.2 Å². The summed E-state index contributed by atoms with van der Waals surface area (Å²) in [6.07, 6.45) is 3.22. The zero-order valence-electron chi connectivity index (χ0n) is 24.8. The number of aryl methyl sites for hydroxylation is 2. The first-order chi connectivity index (χ1) is 20.0. The first-order valence-corrected chi connectivity index (χ1v) is 14.6. The number of amides is 1. The van der Waals surface area contributed by atoms with Crippen molar-refractivity contribution in [2.45, 2.75) is 45.2 Å². The van der Waals surface area contributed by atoms with Crippen LogP contribution in [-0.2, 0) is 20.1 Å². The van der Waals surface area contributed by atoms with Crippen molar-refractivity contribution in [2.24, 2.45) is 7.05 Å². The molecule has 1 aliphatic carbocycles. The molecule has 0 spiro atoms.